The molecule has 1 aromatic carbocycles. The third kappa shape index (κ3) is 5.84. The summed E-state index contributed by atoms with van der Waals surface area (Å²) in [6.07, 6.45) is 0.716. The minimum atomic E-state index is -0.968. The highest BCUT2D eigenvalue weighted by Crippen LogP contribution is 2.26. The van der Waals surface area contributed by atoms with E-state index in [0.717, 1.165) is 5.56 Å². The Kier molecular flexibility index (Phi) is 6.73. The van der Waals surface area contributed by atoms with Crippen molar-refractivity contribution >= 4 is 11.9 Å². The van der Waals surface area contributed by atoms with Gasteiger partial charge in [-0.25, -0.2) is 0 Å². The van der Waals surface area contributed by atoms with Crippen LogP contribution >= 0.6 is 0 Å². The Hall–Kier alpha value is -1.88. The molecule has 5 heteroatoms. The van der Waals surface area contributed by atoms with Crippen LogP contribution in [-0.2, 0) is 14.3 Å². The molecule has 0 amide bonds. The summed E-state index contributed by atoms with van der Waals surface area (Å²) in [6.45, 7) is 0. The Morgan fingerprint density at radius 2 is 1.60 bits per heavy atom. The van der Waals surface area contributed by atoms with Crippen LogP contribution in [0.3, 0.4) is 0 Å². The van der Waals surface area contributed by atoms with Crippen molar-refractivity contribution in [2.45, 2.75) is 31.8 Å². The maximum absolute atomic E-state index is 10.8. The molecule has 0 bridgehead atoms. The van der Waals surface area contributed by atoms with Gasteiger partial charge in [0.25, 0.3) is 0 Å². The average Bonchev–Trinajstić information content (AvgIpc) is 2.39. The molecule has 0 heterocycles. The maximum Gasteiger partial charge on any atom is 0.303 e. The lowest BCUT2D eigenvalue weighted by molar-refractivity contribution is -0.140. The molecule has 1 unspecified atom stereocenters. The lowest BCUT2D eigenvalue weighted by atomic mass is 9.92. The molecule has 0 aliphatic carbocycles. The van der Waals surface area contributed by atoms with Crippen molar-refractivity contribution in [2.75, 3.05) is 7.11 Å². The van der Waals surface area contributed by atoms with Crippen molar-refractivity contribution in [2.24, 2.45) is 5.92 Å². The van der Waals surface area contributed by atoms with Gasteiger partial charge in [0, 0.05) is 20.0 Å². The van der Waals surface area contributed by atoms with E-state index in [1.807, 2.05) is 30.3 Å². The van der Waals surface area contributed by atoms with Crippen LogP contribution in [0.25, 0.3) is 0 Å². The zero-order chi connectivity index (χ0) is 15.0. The van der Waals surface area contributed by atoms with Crippen molar-refractivity contribution in [1.29, 1.82) is 0 Å². The minimum absolute atomic E-state index is 0.127. The summed E-state index contributed by atoms with van der Waals surface area (Å²) < 4.78 is 5.40. The summed E-state index contributed by atoms with van der Waals surface area (Å²) >= 11 is 0. The van der Waals surface area contributed by atoms with E-state index >= 15 is 0 Å². The van der Waals surface area contributed by atoms with Gasteiger partial charge in [-0.3, -0.25) is 9.59 Å². The molecule has 2 N–H and O–H groups in total. The number of hydrogen-bond acceptors (Lipinski definition) is 3. The van der Waals surface area contributed by atoms with E-state index in [1.54, 1.807) is 7.11 Å². The molecule has 1 rings (SSSR count). The summed E-state index contributed by atoms with van der Waals surface area (Å²) in [5.74, 6) is -2.30. The van der Waals surface area contributed by atoms with Crippen LogP contribution in [0.1, 0.15) is 37.4 Å². The Morgan fingerprint density at radius 1 is 1.05 bits per heavy atom. The van der Waals surface area contributed by atoms with Gasteiger partial charge in [-0.05, 0) is 24.3 Å². The van der Waals surface area contributed by atoms with Gasteiger partial charge in [-0.1, -0.05) is 30.3 Å². The SMILES string of the molecule is COC(CCC(CC(=O)O)CC(=O)O)c1ccccc1. The molecule has 0 fully saturated rings. The van der Waals surface area contributed by atoms with Gasteiger partial charge < -0.3 is 14.9 Å². The monoisotopic (exact) mass is 280 g/mol. The van der Waals surface area contributed by atoms with Crippen LogP contribution < -0.4 is 0 Å². The first-order valence-electron chi connectivity index (χ1n) is 6.54. The maximum atomic E-state index is 10.8. The number of ether oxygens (including phenoxy) is 1. The van der Waals surface area contributed by atoms with Gasteiger partial charge in [0.2, 0.25) is 0 Å². The van der Waals surface area contributed by atoms with Crippen molar-refractivity contribution in [3.63, 3.8) is 0 Å². The average molecular weight is 280 g/mol. The Bertz CT molecular complexity index is 413. The van der Waals surface area contributed by atoms with Gasteiger partial charge in [-0.15, -0.1) is 0 Å². The normalized spacial score (nSPS) is 12.3. The van der Waals surface area contributed by atoms with Crippen LogP contribution in [0.5, 0.6) is 0 Å². The molecule has 0 saturated carbocycles. The second-order valence-corrected chi connectivity index (χ2v) is 4.77. The topological polar surface area (TPSA) is 83.8 Å². The Balaban J connectivity index is 2.59. The third-order valence-electron chi connectivity index (χ3n) is 3.22. The fourth-order valence-electron chi connectivity index (χ4n) is 2.25. The standard InChI is InChI=1S/C15H20O5/c1-20-13(12-5-3-2-4-6-12)8-7-11(9-14(16)17)10-15(18)19/h2-6,11,13H,7-10H2,1H3,(H,16,17)(H,18,19). The fraction of sp³-hybridized carbons (Fsp3) is 0.467. The summed E-state index contributed by atoms with van der Waals surface area (Å²) in [5.41, 5.74) is 1.01. The molecule has 0 saturated heterocycles. The molecule has 0 aliphatic heterocycles. The fourth-order valence-corrected chi connectivity index (χ4v) is 2.25. The van der Waals surface area contributed by atoms with Crippen LogP contribution in [0, 0.1) is 5.92 Å². The lowest BCUT2D eigenvalue weighted by Crippen LogP contribution is -2.14. The van der Waals surface area contributed by atoms with Gasteiger partial charge >= 0.3 is 11.9 Å². The highest BCUT2D eigenvalue weighted by atomic mass is 16.5. The van der Waals surface area contributed by atoms with Crippen molar-refractivity contribution < 1.29 is 24.5 Å². The summed E-state index contributed by atoms with van der Waals surface area (Å²) in [4.78, 5) is 21.5. The van der Waals surface area contributed by atoms with E-state index in [9.17, 15) is 9.59 Å². The lowest BCUT2D eigenvalue weighted by Gasteiger charge is -2.19. The predicted molar refractivity (Wildman–Crippen MR) is 73.4 cm³/mol. The zero-order valence-electron chi connectivity index (χ0n) is 11.5. The zero-order valence-corrected chi connectivity index (χ0v) is 11.5. The number of methoxy groups -OCH3 is 1. The third-order valence-corrected chi connectivity index (χ3v) is 3.22. The molecule has 5 nitrogen and oxygen atoms in total. The molecule has 0 spiro atoms. The second-order valence-electron chi connectivity index (χ2n) is 4.77. The van der Waals surface area contributed by atoms with E-state index in [4.69, 9.17) is 14.9 Å². The van der Waals surface area contributed by atoms with Gasteiger partial charge in [0.05, 0.1) is 6.10 Å². The molecule has 20 heavy (non-hydrogen) atoms. The van der Waals surface area contributed by atoms with Gasteiger partial charge in [0.1, 0.15) is 0 Å². The number of carbonyl (C=O) groups is 2. The number of rotatable bonds is 9. The van der Waals surface area contributed by atoms with Crippen LogP contribution in [0.2, 0.25) is 0 Å². The van der Waals surface area contributed by atoms with E-state index in [0.29, 0.717) is 12.8 Å². The van der Waals surface area contributed by atoms with E-state index < -0.39 is 11.9 Å². The summed E-state index contributed by atoms with van der Waals surface area (Å²) in [7, 11) is 1.60. The van der Waals surface area contributed by atoms with Crippen LogP contribution in [0.4, 0.5) is 0 Å². The van der Waals surface area contributed by atoms with E-state index in [1.165, 1.54) is 0 Å². The molecular formula is C15H20O5. The van der Waals surface area contributed by atoms with Crippen molar-refractivity contribution in [3.05, 3.63) is 35.9 Å². The molecule has 0 aliphatic rings. The van der Waals surface area contributed by atoms with Gasteiger partial charge in [-0.2, -0.15) is 0 Å². The van der Waals surface area contributed by atoms with Crippen molar-refractivity contribution in [3.8, 4) is 0 Å². The van der Waals surface area contributed by atoms with Crippen LogP contribution in [-0.4, -0.2) is 29.3 Å². The first kappa shape index (κ1) is 16.2. The summed E-state index contributed by atoms with van der Waals surface area (Å²) in [5, 5.41) is 17.6. The summed E-state index contributed by atoms with van der Waals surface area (Å²) in [6, 6.07) is 9.61. The molecule has 0 radical (unpaired) electrons. The Morgan fingerprint density at radius 3 is 2.05 bits per heavy atom. The number of benzene rings is 1. The van der Waals surface area contributed by atoms with E-state index in [2.05, 4.69) is 0 Å². The number of carboxylic acids is 2. The quantitative estimate of drug-likeness (QED) is 0.726. The number of carboxylic acid groups (broad SMARTS) is 2. The smallest absolute Gasteiger partial charge is 0.303 e. The molecular weight excluding hydrogens is 260 g/mol. The molecule has 0 aromatic heterocycles. The Labute approximate surface area is 118 Å². The first-order chi connectivity index (χ1) is 9.52. The number of hydrogen-bond donors (Lipinski definition) is 2. The largest absolute Gasteiger partial charge is 0.481 e. The highest BCUT2D eigenvalue weighted by molar-refractivity contribution is 5.70. The van der Waals surface area contributed by atoms with Gasteiger partial charge in [0.15, 0.2) is 0 Å². The predicted octanol–water partition coefficient (Wildman–Crippen LogP) is 2.72. The number of aliphatic carboxylic acids is 2. The minimum Gasteiger partial charge on any atom is -0.481 e. The van der Waals surface area contributed by atoms with E-state index in [-0.39, 0.29) is 24.9 Å². The van der Waals surface area contributed by atoms with Crippen LogP contribution in [0.15, 0.2) is 30.3 Å². The second kappa shape index (κ2) is 8.32. The first-order valence-corrected chi connectivity index (χ1v) is 6.54. The molecule has 1 atom stereocenters. The van der Waals surface area contributed by atoms with Crippen molar-refractivity contribution in [1.82, 2.24) is 0 Å². The highest BCUT2D eigenvalue weighted by Gasteiger charge is 2.19. The molecule has 110 valence electrons. The molecule has 1 aromatic rings.